The molecule has 8 nitrogen and oxygen atoms in total. The van der Waals surface area contributed by atoms with Gasteiger partial charge in [-0.25, -0.2) is 0 Å². The number of carbonyl (C=O) groups is 1. The molecule has 1 aliphatic heterocycles. The largest absolute Gasteiger partial charge is 0.433 e. The molecule has 1 fully saturated rings. The molecule has 0 spiro atoms. The third-order valence-electron chi connectivity index (χ3n) is 5.85. The fourth-order valence-corrected chi connectivity index (χ4v) is 4.29. The molecule has 1 amide bonds. The smallest absolute Gasteiger partial charge is 0.352 e. The van der Waals surface area contributed by atoms with Gasteiger partial charge in [-0.1, -0.05) is 29.3 Å². The van der Waals surface area contributed by atoms with Gasteiger partial charge in [0, 0.05) is 37.9 Å². The molecule has 13 heteroatoms. The van der Waals surface area contributed by atoms with Crippen molar-refractivity contribution >= 4 is 40.6 Å². The molecule has 0 unspecified atom stereocenters. The summed E-state index contributed by atoms with van der Waals surface area (Å²) in [7, 11) is 0. The van der Waals surface area contributed by atoms with Gasteiger partial charge >= 0.3 is 6.18 Å². The lowest BCUT2D eigenvalue weighted by Crippen LogP contribution is -2.49. The fraction of sp³-hybridized carbons (Fsp3) is 0.261. The minimum Gasteiger partial charge on any atom is -0.352 e. The van der Waals surface area contributed by atoms with Crippen LogP contribution in [0.5, 0.6) is 0 Å². The quantitative estimate of drug-likeness (QED) is 0.385. The van der Waals surface area contributed by atoms with Gasteiger partial charge in [-0.3, -0.25) is 9.78 Å². The van der Waals surface area contributed by atoms with E-state index in [1.54, 1.807) is 35.2 Å². The van der Waals surface area contributed by atoms with E-state index in [0.717, 1.165) is 17.8 Å². The maximum Gasteiger partial charge on any atom is 0.433 e. The Morgan fingerprint density at radius 1 is 0.944 bits per heavy atom. The first-order chi connectivity index (χ1) is 17.2. The Morgan fingerprint density at radius 2 is 1.72 bits per heavy atom. The Hall–Kier alpha value is -3.44. The van der Waals surface area contributed by atoms with Crippen LogP contribution in [0, 0.1) is 0 Å². The Kier molecular flexibility index (Phi) is 6.44. The Morgan fingerprint density at radius 3 is 2.44 bits per heavy atom. The number of amides is 1. The maximum absolute atomic E-state index is 13.1. The highest BCUT2D eigenvalue weighted by Gasteiger charge is 2.33. The summed E-state index contributed by atoms with van der Waals surface area (Å²) >= 11 is 12.0. The number of anilines is 1. The van der Waals surface area contributed by atoms with Crippen molar-refractivity contribution in [1.82, 2.24) is 29.7 Å². The highest BCUT2D eigenvalue weighted by molar-refractivity contribution is 6.42. The first-order valence-corrected chi connectivity index (χ1v) is 11.7. The van der Waals surface area contributed by atoms with Crippen LogP contribution in [0.15, 0.2) is 48.7 Å². The van der Waals surface area contributed by atoms with Gasteiger partial charge in [0.2, 0.25) is 5.91 Å². The number of aromatic nitrogens is 5. The lowest BCUT2D eigenvalue weighted by molar-refractivity contribution is -0.141. The number of alkyl halides is 3. The third kappa shape index (κ3) is 4.93. The van der Waals surface area contributed by atoms with Crippen LogP contribution in [0.2, 0.25) is 10.0 Å². The van der Waals surface area contributed by atoms with Crippen LogP contribution >= 0.6 is 23.2 Å². The molecule has 0 N–H and O–H groups in total. The average molecular weight is 536 g/mol. The first kappa shape index (κ1) is 24.3. The second kappa shape index (κ2) is 9.55. The molecule has 1 aliphatic rings. The predicted molar refractivity (Wildman–Crippen MR) is 128 cm³/mol. The summed E-state index contributed by atoms with van der Waals surface area (Å²) in [5.41, 5.74) is 0.366. The Balaban J connectivity index is 1.30. The summed E-state index contributed by atoms with van der Waals surface area (Å²) in [6, 6.07) is 11.0. The van der Waals surface area contributed by atoms with Gasteiger partial charge in [-0.2, -0.15) is 17.7 Å². The fourth-order valence-electron chi connectivity index (χ4n) is 3.97. The summed E-state index contributed by atoms with van der Waals surface area (Å²) in [5.74, 6) is 0.760. The van der Waals surface area contributed by atoms with Crippen molar-refractivity contribution in [3.63, 3.8) is 0 Å². The zero-order valence-corrected chi connectivity index (χ0v) is 20.1. The van der Waals surface area contributed by atoms with E-state index < -0.39 is 11.9 Å². The lowest BCUT2D eigenvalue weighted by Gasteiger charge is -2.35. The zero-order chi connectivity index (χ0) is 25.4. The van der Waals surface area contributed by atoms with Gasteiger partial charge in [-0.05, 0) is 42.0 Å². The molecule has 0 atom stereocenters. The van der Waals surface area contributed by atoms with Crippen LogP contribution in [0.4, 0.5) is 19.0 Å². The van der Waals surface area contributed by atoms with Crippen LogP contribution in [0.3, 0.4) is 0 Å². The van der Waals surface area contributed by atoms with Crippen LogP contribution in [0.25, 0.3) is 17.0 Å². The standard InChI is InChI=1S/C23H18Cl2F3N7O/c24-16-2-1-14(11-17(16)25)12-21(36)34-9-7-33(8-10-34)20-4-3-19-30-31-22(35(19)32-20)15-5-6-29-18(13-15)23(26,27)28/h1-6,11,13H,7-10,12H2. The van der Waals surface area contributed by atoms with Gasteiger partial charge in [0.1, 0.15) is 11.5 Å². The van der Waals surface area contributed by atoms with E-state index in [-0.39, 0.29) is 23.7 Å². The molecule has 5 rings (SSSR count). The van der Waals surface area contributed by atoms with E-state index in [1.165, 1.54) is 10.6 Å². The molecule has 186 valence electrons. The summed E-state index contributed by atoms with van der Waals surface area (Å²) in [5, 5.41) is 13.5. The molecular formula is C23H18Cl2F3N7O. The monoisotopic (exact) mass is 535 g/mol. The van der Waals surface area contributed by atoms with Gasteiger partial charge in [0.15, 0.2) is 11.5 Å². The van der Waals surface area contributed by atoms with Crippen molar-refractivity contribution in [2.24, 2.45) is 0 Å². The number of piperazine rings is 1. The highest BCUT2D eigenvalue weighted by Crippen LogP contribution is 2.30. The van der Waals surface area contributed by atoms with E-state index in [0.29, 0.717) is 47.7 Å². The van der Waals surface area contributed by atoms with Crippen molar-refractivity contribution < 1.29 is 18.0 Å². The van der Waals surface area contributed by atoms with E-state index in [2.05, 4.69) is 20.3 Å². The van der Waals surface area contributed by atoms with Crippen molar-refractivity contribution in [3.05, 3.63) is 70.0 Å². The number of benzene rings is 1. The third-order valence-corrected chi connectivity index (χ3v) is 6.59. The molecule has 0 saturated carbocycles. The molecule has 4 aromatic rings. The number of fused-ring (bicyclic) bond motifs is 1. The number of rotatable bonds is 4. The minimum atomic E-state index is -4.58. The number of pyridine rings is 1. The number of halogens is 5. The maximum atomic E-state index is 13.1. The molecular weight excluding hydrogens is 518 g/mol. The second-order valence-corrected chi connectivity index (χ2v) is 9.02. The average Bonchev–Trinajstić information content (AvgIpc) is 3.29. The van der Waals surface area contributed by atoms with Crippen LogP contribution in [0.1, 0.15) is 11.3 Å². The van der Waals surface area contributed by atoms with Gasteiger partial charge < -0.3 is 9.80 Å². The Bertz CT molecular complexity index is 1430. The summed E-state index contributed by atoms with van der Waals surface area (Å²) in [6.07, 6.45) is -3.28. The number of nitrogens with zero attached hydrogens (tertiary/aromatic N) is 7. The summed E-state index contributed by atoms with van der Waals surface area (Å²) in [6.45, 7) is 2.07. The molecule has 1 saturated heterocycles. The van der Waals surface area contributed by atoms with E-state index >= 15 is 0 Å². The van der Waals surface area contributed by atoms with E-state index in [1.807, 2.05) is 4.90 Å². The molecule has 4 heterocycles. The molecule has 0 radical (unpaired) electrons. The summed E-state index contributed by atoms with van der Waals surface area (Å²) < 4.78 is 40.7. The topological polar surface area (TPSA) is 79.5 Å². The molecule has 0 bridgehead atoms. The van der Waals surface area contributed by atoms with E-state index in [9.17, 15) is 18.0 Å². The second-order valence-electron chi connectivity index (χ2n) is 8.21. The summed E-state index contributed by atoms with van der Waals surface area (Å²) in [4.78, 5) is 19.9. The molecule has 3 aromatic heterocycles. The molecule has 0 aliphatic carbocycles. The highest BCUT2D eigenvalue weighted by atomic mass is 35.5. The molecule has 1 aromatic carbocycles. The van der Waals surface area contributed by atoms with Crippen molar-refractivity contribution in [2.45, 2.75) is 12.6 Å². The SMILES string of the molecule is O=C(Cc1ccc(Cl)c(Cl)c1)N1CCN(c2ccc3nnc(-c4ccnc(C(F)(F)F)c4)n3n2)CC1. The van der Waals surface area contributed by atoms with Gasteiger partial charge in [0.25, 0.3) is 0 Å². The Labute approximate surface area is 213 Å². The predicted octanol–water partition coefficient (Wildman–Crippen LogP) is 4.40. The normalized spacial score (nSPS) is 14.5. The first-order valence-electron chi connectivity index (χ1n) is 10.9. The van der Waals surface area contributed by atoms with Crippen LogP contribution in [-0.4, -0.2) is 61.8 Å². The number of hydrogen-bond acceptors (Lipinski definition) is 6. The van der Waals surface area contributed by atoms with Crippen molar-refractivity contribution in [3.8, 4) is 11.4 Å². The molecule has 36 heavy (non-hydrogen) atoms. The minimum absolute atomic E-state index is 0.0179. The zero-order valence-electron chi connectivity index (χ0n) is 18.6. The number of hydrogen-bond donors (Lipinski definition) is 0. The van der Waals surface area contributed by atoms with Crippen molar-refractivity contribution in [2.75, 3.05) is 31.1 Å². The van der Waals surface area contributed by atoms with Gasteiger partial charge in [-0.15, -0.1) is 15.3 Å². The van der Waals surface area contributed by atoms with E-state index in [4.69, 9.17) is 23.2 Å². The lowest BCUT2D eigenvalue weighted by atomic mass is 10.1. The van der Waals surface area contributed by atoms with Crippen LogP contribution in [-0.2, 0) is 17.4 Å². The van der Waals surface area contributed by atoms with Crippen LogP contribution < -0.4 is 4.90 Å². The number of carbonyl (C=O) groups excluding carboxylic acids is 1. The van der Waals surface area contributed by atoms with Gasteiger partial charge in [0.05, 0.1) is 16.5 Å². The van der Waals surface area contributed by atoms with Crippen molar-refractivity contribution in [1.29, 1.82) is 0 Å².